The molecule has 1 saturated heterocycles. The van der Waals surface area contributed by atoms with E-state index >= 15 is 0 Å². The summed E-state index contributed by atoms with van der Waals surface area (Å²) >= 11 is 5.86. The summed E-state index contributed by atoms with van der Waals surface area (Å²) in [5, 5.41) is -0.320. The Morgan fingerprint density at radius 1 is 1.03 bits per heavy atom. The van der Waals surface area contributed by atoms with E-state index in [-0.39, 0.29) is 37.8 Å². The Hall–Kier alpha value is -2.37. The predicted octanol–water partition coefficient (Wildman–Crippen LogP) is 3.41. The van der Waals surface area contributed by atoms with Crippen LogP contribution in [0.1, 0.15) is 5.56 Å². The van der Waals surface area contributed by atoms with E-state index in [9.17, 15) is 30.8 Å². The Bertz CT molecular complexity index is 1050. The van der Waals surface area contributed by atoms with E-state index in [0.29, 0.717) is 17.9 Å². The standard InChI is InChI=1S/C19H17ClF4N2O4S/c20-16-6-1-13(19(22,23)24)11-17(16)31(28,29)26-9-7-25(8-10-26)18(27)12-30-15-4-2-14(21)3-5-15/h1-6,11H,7-10,12H2. The van der Waals surface area contributed by atoms with Crippen LogP contribution in [0.15, 0.2) is 47.4 Å². The summed E-state index contributed by atoms with van der Waals surface area (Å²) in [6, 6.07) is 7.21. The fourth-order valence-corrected chi connectivity index (χ4v) is 4.88. The van der Waals surface area contributed by atoms with Crippen LogP contribution in [0.25, 0.3) is 0 Å². The molecule has 3 rings (SSSR count). The number of nitrogens with zero attached hydrogens (tertiary/aromatic N) is 2. The van der Waals surface area contributed by atoms with Gasteiger partial charge in [0.15, 0.2) is 6.61 Å². The van der Waals surface area contributed by atoms with Gasteiger partial charge in [-0.05, 0) is 42.5 Å². The minimum atomic E-state index is -4.72. The average Bonchev–Trinajstić information content (AvgIpc) is 2.72. The molecular formula is C19H17ClF4N2O4S. The van der Waals surface area contributed by atoms with Crippen molar-refractivity contribution < 1.29 is 35.5 Å². The second-order valence-corrected chi connectivity index (χ2v) is 8.98. The molecule has 0 bridgehead atoms. The third-order valence-corrected chi connectivity index (χ3v) is 7.02. The highest BCUT2D eigenvalue weighted by Gasteiger charge is 2.35. The molecule has 0 atom stereocenters. The first-order valence-corrected chi connectivity index (χ1v) is 10.8. The summed E-state index contributed by atoms with van der Waals surface area (Å²) in [4.78, 5) is 13.0. The zero-order valence-electron chi connectivity index (χ0n) is 15.9. The zero-order chi connectivity index (χ0) is 22.8. The lowest BCUT2D eigenvalue weighted by Gasteiger charge is -2.34. The van der Waals surface area contributed by atoms with Crippen LogP contribution in [0.2, 0.25) is 5.02 Å². The Morgan fingerprint density at radius 3 is 2.23 bits per heavy atom. The van der Waals surface area contributed by atoms with E-state index < -0.39 is 38.4 Å². The maximum atomic E-state index is 13.0. The summed E-state index contributed by atoms with van der Waals surface area (Å²) in [7, 11) is -4.29. The highest BCUT2D eigenvalue weighted by atomic mass is 35.5. The quantitative estimate of drug-likeness (QED) is 0.615. The maximum absolute atomic E-state index is 13.0. The van der Waals surface area contributed by atoms with Crippen molar-refractivity contribution in [1.29, 1.82) is 0 Å². The summed E-state index contributed by atoms with van der Waals surface area (Å²) < 4.78 is 83.7. The van der Waals surface area contributed by atoms with Crippen molar-refractivity contribution in [3.8, 4) is 5.75 Å². The Morgan fingerprint density at radius 2 is 1.65 bits per heavy atom. The minimum absolute atomic E-state index is 0.0292. The van der Waals surface area contributed by atoms with Gasteiger partial charge in [0.05, 0.1) is 10.6 Å². The predicted molar refractivity (Wildman–Crippen MR) is 104 cm³/mol. The Balaban J connectivity index is 1.63. The van der Waals surface area contributed by atoms with Crippen molar-refractivity contribution in [3.05, 3.63) is 58.9 Å². The smallest absolute Gasteiger partial charge is 0.416 e. The van der Waals surface area contributed by atoms with E-state index in [2.05, 4.69) is 0 Å². The molecule has 1 heterocycles. The number of benzene rings is 2. The van der Waals surface area contributed by atoms with E-state index in [1.54, 1.807) is 0 Å². The molecule has 1 aliphatic heterocycles. The number of amides is 1. The van der Waals surface area contributed by atoms with Crippen LogP contribution in [0.5, 0.6) is 5.75 Å². The number of hydrogen-bond donors (Lipinski definition) is 0. The van der Waals surface area contributed by atoms with Gasteiger partial charge in [0.1, 0.15) is 16.5 Å². The van der Waals surface area contributed by atoms with Crippen molar-refractivity contribution in [2.75, 3.05) is 32.8 Å². The molecule has 31 heavy (non-hydrogen) atoms. The van der Waals surface area contributed by atoms with Gasteiger partial charge in [-0.3, -0.25) is 4.79 Å². The lowest BCUT2D eigenvalue weighted by molar-refractivity contribution is -0.138. The number of sulfonamides is 1. The van der Waals surface area contributed by atoms with Gasteiger partial charge in [-0.2, -0.15) is 17.5 Å². The second-order valence-electron chi connectivity index (χ2n) is 6.67. The molecule has 0 aromatic heterocycles. The molecule has 0 saturated carbocycles. The minimum Gasteiger partial charge on any atom is -0.484 e. The highest BCUT2D eigenvalue weighted by molar-refractivity contribution is 7.89. The number of rotatable bonds is 5. The van der Waals surface area contributed by atoms with Crippen molar-refractivity contribution in [2.24, 2.45) is 0 Å². The summed E-state index contributed by atoms with van der Waals surface area (Å²) in [5.41, 5.74) is -1.12. The summed E-state index contributed by atoms with van der Waals surface area (Å²) in [5.74, 6) is -0.550. The number of carbonyl (C=O) groups is 1. The highest BCUT2D eigenvalue weighted by Crippen LogP contribution is 2.34. The molecule has 0 spiro atoms. The third-order valence-electron chi connectivity index (χ3n) is 4.64. The van der Waals surface area contributed by atoms with Crippen LogP contribution in [-0.2, 0) is 21.0 Å². The molecule has 168 valence electrons. The molecule has 0 aliphatic carbocycles. The van der Waals surface area contributed by atoms with Crippen molar-refractivity contribution >= 4 is 27.5 Å². The Labute approximate surface area is 181 Å². The van der Waals surface area contributed by atoms with Crippen LogP contribution < -0.4 is 4.74 Å². The van der Waals surface area contributed by atoms with Gasteiger partial charge in [0, 0.05) is 26.2 Å². The van der Waals surface area contributed by atoms with E-state index in [1.807, 2.05) is 0 Å². The lowest BCUT2D eigenvalue weighted by atomic mass is 10.2. The number of halogens is 5. The van der Waals surface area contributed by atoms with Gasteiger partial charge in [0.25, 0.3) is 5.91 Å². The topological polar surface area (TPSA) is 66.9 Å². The number of hydrogen-bond acceptors (Lipinski definition) is 4. The molecule has 1 amide bonds. The summed E-state index contributed by atoms with van der Waals surface area (Å²) in [6.45, 7) is -0.491. The molecule has 2 aromatic carbocycles. The van der Waals surface area contributed by atoms with Gasteiger partial charge >= 0.3 is 6.18 Å². The summed E-state index contributed by atoms with van der Waals surface area (Å²) in [6.07, 6.45) is -4.72. The fourth-order valence-electron chi connectivity index (χ4n) is 2.96. The van der Waals surface area contributed by atoms with Crippen molar-refractivity contribution in [3.63, 3.8) is 0 Å². The van der Waals surface area contributed by atoms with Gasteiger partial charge in [-0.15, -0.1) is 0 Å². The Kier molecular flexibility index (Phi) is 6.77. The molecular weight excluding hydrogens is 464 g/mol. The monoisotopic (exact) mass is 480 g/mol. The normalized spacial score (nSPS) is 15.7. The first kappa shape index (κ1) is 23.3. The van der Waals surface area contributed by atoms with Gasteiger partial charge in [-0.25, -0.2) is 12.8 Å². The van der Waals surface area contributed by atoms with Crippen molar-refractivity contribution in [1.82, 2.24) is 9.21 Å². The lowest BCUT2D eigenvalue weighted by Crippen LogP contribution is -2.51. The van der Waals surface area contributed by atoms with Crippen LogP contribution in [0.3, 0.4) is 0 Å². The molecule has 1 fully saturated rings. The molecule has 0 radical (unpaired) electrons. The number of piperazine rings is 1. The number of carbonyl (C=O) groups excluding carboxylic acids is 1. The average molecular weight is 481 g/mol. The number of alkyl halides is 3. The van der Waals surface area contributed by atoms with E-state index in [4.69, 9.17) is 16.3 Å². The second kappa shape index (κ2) is 9.01. The molecule has 0 unspecified atom stereocenters. The first-order valence-electron chi connectivity index (χ1n) is 9.01. The van der Waals surface area contributed by atoms with Gasteiger partial charge in [-0.1, -0.05) is 11.6 Å². The molecule has 6 nitrogen and oxygen atoms in total. The largest absolute Gasteiger partial charge is 0.484 e. The van der Waals surface area contributed by atoms with Crippen LogP contribution in [-0.4, -0.2) is 56.3 Å². The molecule has 2 aromatic rings. The number of ether oxygens (including phenoxy) is 1. The third kappa shape index (κ3) is 5.46. The SMILES string of the molecule is O=C(COc1ccc(F)cc1)N1CCN(S(=O)(=O)c2cc(C(F)(F)F)ccc2Cl)CC1. The first-order chi connectivity index (χ1) is 14.5. The maximum Gasteiger partial charge on any atom is 0.416 e. The molecule has 0 N–H and O–H groups in total. The van der Waals surface area contributed by atoms with Gasteiger partial charge < -0.3 is 9.64 Å². The van der Waals surface area contributed by atoms with Crippen molar-refractivity contribution in [2.45, 2.75) is 11.1 Å². The van der Waals surface area contributed by atoms with Crippen LogP contribution in [0.4, 0.5) is 17.6 Å². The molecule has 1 aliphatic rings. The fraction of sp³-hybridized carbons (Fsp3) is 0.316. The molecule has 12 heteroatoms. The van der Waals surface area contributed by atoms with Gasteiger partial charge in [0.2, 0.25) is 10.0 Å². The van der Waals surface area contributed by atoms with Crippen LogP contribution in [0, 0.1) is 5.82 Å². The van der Waals surface area contributed by atoms with E-state index in [1.165, 1.54) is 29.2 Å². The van der Waals surface area contributed by atoms with E-state index in [0.717, 1.165) is 10.4 Å². The van der Waals surface area contributed by atoms with Crippen LogP contribution >= 0.6 is 11.6 Å². The zero-order valence-corrected chi connectivity index (χ0v) is 17.5.